The first-order valence-corrected chi connectivity index (χ1v) is 5.28. The minimum atomic E-state index is -0.631. The zero-order valence-corrected chi connectivity index (χ0v) is 9.68. The Morgan fingerprint density at radius 3 is 2.76 bits per heavy atom. The highest BCUT2D eigenvalue weighted by molar-refractivity contribution is 5.81. The summed E-state index contributed by atoms with van der Waals surface area (Å²) in [4.78, 5) is 11.2. The molecule has 0 bridgehead atoms. The second-order valence-corrected chi connectivity index (χ2v) is 3.11. The van der Waals surface area contributed by atoms with Crippen molar-refractivity contribution in [1.29, 1.82) is 0 Å². The van der Waals surface area contributed by atoms with Crippen molar-refractivity contribution in [3.8, 4) is 12.0 Å². The van der Waals surface area contributed by atoms with Crippen molar-refractivity contribution < 1.29 is 14.3 Å². The molecule has 0 aliphatic rings. The van der Waals surface area contributed by atoms with Gasteiger partial charge in [-0.1, -0.05) is 36.9 Å². The van der Waals surface area contributed by atoms with Gasteiger partial charge in [0.05, 0.1) is 6.61 Å². The van der Waals surface area contributed by atoms with Crippen LogP contribution in [0.2, 0.25) is 0 Å². The first kappa shape index (κ1) is 12.9. The monoisotopic (exact) mass is 230 g/mol. The van der Waals surface area contributed by atoms with Crippen LogP contribution in [0.5, 0.6) is 0 Å². The van der Waals surface area contributed by atoms with E-state index in [1.54, 1.807) is 0 Å². The third kappa shape index (κ3) is 4.43. The largest absolute Gasteiger partial charge is 0.447 e. The van der Waals surface area contributed by atoms with Crippen molar-refractivity contribution in [3.63, 3.8) is 0 Å². The van der Waals surface area contributed by atoms with E-state index in [2.05, 4.69) is 18.6 Å². The van der Waals surface area contributed by atoms with Gasteiger partial charge in [0.2, 0.25) is 0 Å². The highest BCUT2D eigenvalue weighted by atomic mass is 16.5. The van der Waals surface area contributed by atoms with E-state index in [4.69, 9.17) is 9.47 Å². The molecule has 0 N–H and O–H groups in total. The van der Waals surface area contributed by atoms with Crippen molar-refractivity contribution in [2.24, 2.45) is 0 Å². The van der Waals surface area contributed by atoms with E-state index >= 15 is 0 Å². The van der Waals surface area contributed by atoms with Gasteiger partial charge in [-0.15, -0.1) is 0 Å². The van der Waals surface area contributed by atoms with Crippen LogP contribution >= 0.6 is 0 Å². The lowest BCUT2D eigenvalue weighted by Gasteiger charge is -2.10. The zero-order valence-electron chi connectivity index (χ0n) is 9.68. The van der Waals surface area contributed by atoms with Crippen molar-refractivity contribution in [2.75, 3.05) is 6.61 Å². The van der Waals surface area contributed by atoms with Gasteiger partial charge >= 0.3 is 5.97 Å². The maximum absolute atomic E-state index is 11.2. The number of ether oxygens (including phenoxy) is 2. The predicted octanol–water partition coefficient (Wildman–Crippen LogP) is 2.45. The van der Waals surface area contributed by atoms with E-state index in [9.17, 15) is 4.79 Å². The van der Waals surface area contributed by atoms with Crippen LogP contribution in [-0.4, -0.2) is 12.6 Å². The molecule has 0 aliphatic heterocycles. The summed E-state index contributed by atoms with van der Waals surface area (Å²) in [6.45, 7) is 5.68. The Labute approximate surface area is 101 Å². The number of carbonyl (C=O) groups is 1. The normalized spacial score (nSPS) is 10.6. The molecule has 0 saturated heterocycles. The second kappa shape index (κ2) is 7.13. The fourth-order valence-electron chi connectivity index (χ4n) is 1.14. The van der Waals surface area contributed by atoms with E-state index < -0.39 is 12.1 Å². The van der Waals surface area contributed by atoms with Crippen LogP contribution in [0.15, 0.2) is 43.0 Å². The molecule has 1 aromatic rings. The van der Waals surface area contributed by atoms with Crippen LogP contribution in [-0.2, 0) is 14.3 Å². The summed E-state index contributed by atoms with van der Waals surface area (Å²) in [5.74, 6) is 2.23. The maximum atomic E-state index is 11.2. The minimum absolute atomic E-state index is 0.490. The molecule has 0 amide bonds. The van der Waals surface area contributed by atoms with Gasteiger partial charge in [-0.2, -0.15) is 0 Å². The summed E-state index contributed by atoms with van der Waals surface area (Å²) in [6, 6.07) is 9.26. The molecule has 0 aliphatic carbocycles. The quantitative estimate of drug-likeness (QED) is 0.453. The molecule has 17 heavy (non-hydrogen) atoms. The Morgan fingerprint density at radius 2 is 2.18 bits per heavy atom. The molecule has 0 fully saturated rings. The van der Waals surface area contributed by atoms with Crippen molar-refractivity contribution in [3.05, 3.63) is 48.6 Å². The Morgan fingerprint density at radius 1 is 1.47 bits per heavy atom. The summed E-state index contributed by atoms with van der Waals surface area (Å²) < 4.78 is 10.0. The molecule has 1 rings (SSSR count). The van der Waals surface area contributed by atoms with Gasteiger partial charge in [0.25, 0.3) is 0 Å². The fourth-order valence-corrected chi connectivity index (χ4v) is 1.14. The van der Waals surface area contributed by atoms with Gasteiger partial charge < -0.3 is 9.47 Å². The van der Waals surface area contributed by atoms with Gasteiger partial charge in [0.1, 0.15) is 6.11 Å². The molecule has 0 radical (unpaired) electrons. The molecule has 0 spiro atoms. The smallest absolute Gasteiger partial charge is 0.331 e. The Balaban J connectivity index is 2.84. The van der Waals surface area contributed by atoms with Crippen molar-refractivity contribution >= 4 is 5.97 Å². The number of rotatable bonds is 4. The van der Waals surface area contributed by atoms with Crippen LogP contribution in [0.3, 0.4) is 0 Å². The summed E-state index contributed by atoms with van der Waals surface area (Å²) >= 11 is 0. The van der Waals surface area contributed by atoms with E-state index in [1.165, 1.54) is 0 Å². The van der Waals surface area contributed by atoms with E-state index in [0.717, 1.165) is 11.6 Å². The molecule has 0 saturated carbocycles. The first-order valence-electron chi connectivity index (χ1n) is 5.28. The molecule has 0 aromatic heterocycles. The van der Waals surface area contributed by atoms with Gasteiger partial charge in [0.15, 0.2) is 6.10 Å². The third-order valence-corrected chi connectivity index (χ3v) is 1.91. The molecular weight excluding hydrogens is 216 g/mol. The highest BCUT2D eigenvalue weighted by Crippen LogP contribution is 2.16. The van der Waals surface area contributed by atoms with Gasteiger partial charge in [0, 0.05) is 11.6 Å². The Hall–Kier alpha value is -2.21. The highest BCUT2D eigenvalue weighted by Gasteiger charge is 2.11. The van der Waals surface area contributed by atoms with Crippen LogP contribution in [0.25, 0.3) is 0 Å². The number of hydrogen-bond acceptors (Lipinski definition) is 3. The van der Waals surface area contributed by atoms with Crippen LogP contribution < -0.4 is 0 Å². The molecule has 1 unspecified atom stereocenters. The van der Waals surface area contributed by atoms with E-state index in [-0.39, 0.29) is 0 Å². The van der Waals surface area contributed by atoms with Gasteiger partial charge in [-0.05, 0) is 12.8 Å². The fraction of sp³-hybridized carbons (Fsp3) is 0.214. The topological polar surface area (TPSA) is 35.5 Å². The van der Waals surface area contributed by atoms with Crippen LogP contribution in [0.1, 0.15) is 18.6 Å². The standard InChI is InChI=1S/C14H14O3/c1-3-14(15)17-13(10-11-16-4-2)12-8-6-5-7-9-12/h3,5-9,13H,1,4H2,2H3. The third-order valence-electron chi connectivity index (χ3n) is 1.91. The van der Waals surface area contributed by atoms with Crippen LogP contribution in [0.4, 0.5) is 0 Å². The molecule has 1 atom stereocenters. The lowest BCUT2D eigenvalue weighted by Crippen LogP contribution is -2.07. The molecular formula is C14H14O3. The number of esters is 1. The van der Waals surface area contributed by atoms with E-state index in [0.29, 0.717) is 6.61 Å². The lowest BCUT2D eigenvalue weighted by molar-refractivity contribution is -0.140. The lowest BCUT2D eigenvalue weighted by atomic mass is 10.1. The summed E-state index contributed by atoms with van der Waals surface area (Å²) in [5.41, 5.74) is 0.801. The Bertz CT molecular complexity index is 426. The number of carbonyl (C=O) groups excluding carboxylic acids is 1. The predicted molar refractivity (Wildman–Crippen MR) is 64.9 cm³/mol. The zero-order chi connectivity index (χ0) is 12.5. The molecule has 3 heteroatoms. The first-order chi connectivity index (χ1) is 8.27. The van der Waals surface area contributed by atoms with Crippen LogP contribution in [0, 0.1) is 12.0 Å². The number of hydrogen-bond donors (Lipinski definition) is 0. The molecule has 88 valence electrons. The SMILES string of the molecule is C=CC(=O)OC(C#COCC)c1ccccc1. The maximum Gasteiger partial charge on any atom is 0.331 e. The Kier molecular flexibility index (Phi) is 5.39. The van der Waals surface area contributed by atoms with Gasteiger partial charge in [-0.3, -0.25) is 0 Å². The summed E-state index contributed by atoms with van der Waals surface area (Å²) in [6.07, 6.45) is 2.98. The van der Waals surface area contributed by atoms with E-state index in [1.807, 2.05) is 37.3 Å². The van der Waals surface area contributed by atoms with Gasteiger partial charge in [-0.25, -0.2) is 4.79 Å². The average Bonchev–Trinajstić information content (AvgIpc) is 2.38. The summed E-state index contributed by atoms with van der Waals surface area (Å²) in [5, 5.41) is 0. The van der Waals surface area contributed by atoms with Crippen molar-refractivity contribution in [2.45, 2.75) is 13.0 Å². The molecule has 0 heterocycles. The summed E-state index contributed by atoms with van der Waals surface area (Å²) in [7, 11) is 0. The minimum Gasteiger partial charge on any atom is -0.447 e. The number of benzene rings is 1. The second-order valence-electron chi connectivity index (χ2n) is 3.11. The molecule has 1 aromatic carbocycles. The van der Waals surface area contributed by atoms with Crippen molar-refractivity contribution in [1.82, 2.24) is 0 Å². The molecule has 3 nitrogen and oxygen atoms in total. The average molecular weight is 230 g/mol.